The molecular formula is C16H30NOS+. The summed E-state index contributed by atoms with van der Waals surface area (Å²) in [4.78, 5) is 1.34. The molecule has 0 spiro atoms. The zero-order valence-electron chi connectivity index (χ0n) is 13.4. The highest BCUT2D eigenvalue weighted by atomic mass is 32.1. The Hall–Kier alpha value is -0.380. The second-order valence-corrected chi connectivity index (χ2v) is 7.59. The van der Waals surface area contributed by atoms with Gasteiger partial charge in [0.1, 0.15) is 6.54 Å². The van der Waals surface area contributed by atoms with Crippen molar-refractivity contribution < 1.29 is 9.22 Å². The number of nitrogens with zero attached hydrogens (tertiary/aromatic N) is 1. The number of ether oxygens (including phenoxy) is 1. The van der Waals surface area contributed by atoms with Crippen molar-refractivity contribution >= 4 is 11.3 Å². The smallest absolute Gasteiger partial charge is 0.102 e. The largest absolute Gasteiger partial charge is 0.366 e. The van der Waals surface area contributed by atoms with Crippen molar-refractivity contribution in [3.05, 3.63) is 22.4 Å². The molecule has 1 unspecified atom stereocenters. The summed E-state index contributed by atoms with van der Waals surface area (Å²) in [5, 5.41) is 2.13. The lowest BCUT2D eigenvalue weighted by Crippen LogP contribution is -2.46. The highest BCUT2D eigenvalue weighted by Gasteiger charge is 2.28. The van der Waals surface area contributed by atoms with Crippen molar-refractivity contribution in [3.63, 3.8) is 0 Å². The van der Waals surface area contributed by atoms with E-state index in [4.69, 9.17) is 4.74 Å². The third-order valence-electron chi connectivity index (χ3n) is 4.03. The van der Waals surface area contributed by atoms with Gasteiger partial charge in [0.2, 0.25) is 0 Å². The maximum absolute atomic E-state index is 6.25. The molecule has 0 saturated heterocycles. The number of hydrogen-bond acceptors (Lipinski definition) is 2. The van der Waals surface area contributed by atoms with E-state index in [1.807, 2.05) is 0 Å². The van der Waals surface area contributed by atoms with E-state index in [9.17, 15) is 0 Å². The van der Waals surface area contributed by atoms with Gasteiger partial charge in [-0.05, 0) is 30.7 Å². The topological polar surface area (TPSA) is 9.23 Å². The lowest BCUT2D eigenvalue weighted by Gasteiger charge is -2.34. The van der Waals surface area contributed by atoms with Gasteiger partial charge >= 0.3 is 0 Å². The molecule has 110 valence electrons. The predicted molar refractivity (Wildman–Crippen MR) is 84.6 cm³/mol. The van der Waals surface area contributed by atoms with Crippen LogP contribution < -0.4 is 0 Å². The molecule has 0 radical (unpaired) electrons. The van der Waals surface area contributed by atoms with E-state index >= 15 is 0 Å². The van der Waals surface area contributed by atoms with Crippen LogP contribution in [0, 0.1) is 5.41 Å². The van der Waals surface area contributed by atoms with E-state index in [1.54, 1.807) is 11.3 Å². The van der Waals surface area contributed by atoms with Gasteiger partial charge in [0.15, 0.2) is 0 Å². The third kappa shape index (κ3) is 4.90. The number of thiophene rings is 1. The van der Waals surface area contributed by atoms with E-state index in [1.165, 1.54) is 18.0 Å². The normalized spacial score (nSPS) is 14.6. The van der Waals surface area contributed by atoms with Crippen LogP contribution in [0.3, 0.4) is 0 Å². The van der Waals surface area contributed by atoms with Crippen LogP contribution in [0.2, 0.25) is 0 Å². The van der Waals surface area contributed by atoms with E-state index in [0.29, 0.717) is 0 Å². The van der Waals surface area contributed by atoms with Gasteiger partial charge in [-0.3, -0.25) is 0 Å². The second kappa shape index (κ2) is 6.87. The van der Waals surface area contributed by atoms with Crippen molar-refractivity contribution in [2.75, 3.05) is 33.3 Å². The SMILES string of the molecule is CC[N+](C)(CC)CCOC(c1cccs1)C(C)(C)C. The summed E-state index contributed by atoms with van der Waals surface area (Å²) in [6.45, 7) is 15.5. The van der Waals surface area contributed by atoms with Gasteiger partial charge in [-0.1, -0.05) is 26.8 Å². The predicted octanol–water partition coefficient (Wildman–Crippen LogP) is 4.34. The zero-order valence-corrected chi connectivity index (χ0v) is 14.2. The first-order chi connectivity index (χ1) is 8.82. The number of rotatable bonds is 7. The fourth-order valence-electron chi connectivity index (χ4n) is 2.13. The first kappa shape index (κ1) is 16.7. The van der Waals surface area contributed by atoms with Gasteiger partial charge in [-0.25, -0.2) is 0 Å². The Balaban J connectivity index is 2.61. The summed E-state index contributed by atoms with van der Waals surface area (Å²) in [5.41, 5.74) is 0.146. The molecule has 1 heterocycles. The number of hydrogen-bond donors (Lipinski definition) is 0. The summed E-state index contributed by atoms with van der Waals surface area (Å²) in [6.07, 6.45) is 0.203. The molecule has 0 aliphatic rings. The van der Waals surface area contributed by atoms with Crippen LogP contribution in [-0.4, -0.2) is 37.8 Å². The Kier molecular flexibility index (Phi) is 6.03. The Morgan fingerprint density at radius 3 is 2.32 bits per heavy atom. The van der Waals surface area contributed by atoms with Crippen LogP contribution in [0.5, 0.6) is 0 Å². The van der Waals surface area contributed by atoms with Crippen molar-refractivity contribution in [2.45, 2.75) is 40.7 Å². The summed E-state index contributed by atoms with van der Waals surface area (Å²) in [7, 11) is 2.31. The Morgan fingerprint density at radius 1 is 1.26 bits per heavy atom. The second-order valence-electron chi connectivity index (χ2n) is 6.61. The molecule has 3 heteroatoms. The van der Waals surface area contributed by atoms with E-state index in [-0.39, 0.29) is 11.5 Å². The number of quaternary nitrogens is 1. The summed E-state index contributed by atoms with van der Waals surface area (Å²) in [6, 6.07) is 4.30. The van der Waals surface area contributed by atoms with Gasteiger partial charge in [-0.15, -0.1) is 11.3 Å². The molecule has 0 bridgehead atoms. The Bertz CT molecular complexity index is 349. The fraction of sp³-hybridized carbons (Fsp3) is 0.750. The molecule has 1 aromatic rings. The zero-order chi connectivity index (χ0) is 14.5. The van der Waals surface area contributed by atoms with E-state index in [0.717, 1.165) is 17.6 Å². The van der Waals surface area contributed by atoms with E-state index in [2.05, 4.69) is 59.2 Å². The van der Waals surface area contributed by atoms with Crippen LogP contribution in [-0.2, 0) is 4.74 Å². The van der Waals surface area contributed by atoms with Crippen LogP contribution in [0.15, 0.2) is 17.5 Å². The minimum atomic E-state index is 0.146. The minimum absolute atomic E-state index is 0.146. The molecule has 0 aliphatic heterocycles. The van der Waals surface area contributed by atoms with Crippen molar-refractivity contribution in [1.82, 2.24) is 0 Å². The maximum Gasteiger partial charge on any atom is 0.102 e. The van der Waals surface area contributed by atoms with Gasteiger partial charge in [0, 0.05) is 4.88 Å². The molecule has 0 N–H and O–H groups in total. The van der Waals surface area contributed by atoms with Gasteiger partial charge in [0.25, 0.3) is 0 Å². The molecule has 0 aliphatic carbocycles. The summed E-state index contributed by atoms with van der Waals surface area (Å²) < 4.78 is 7.33. The molecule has 0 fully saturated rings. The van der Waals surface area contributed by atoms with Gasteiger partial charge in [0.05, 0.1) is 32.8 Å². The first-order valence-electron chi connectivity index (χ1n) is 7.31. The van der Waals surface area contributed by atoms with Crippen LogP contribution in [0.1, 0.15) is 45.6 Å². The summed E-state index contributed by atoms with van der Waals surface area (Å²) in [5.74, 6) is 0. The highest BCUT2D eigenvalue weighted by Crippen LogP contribution is 2.38. The molecule has 1 atom stereocenters. The Labute approximate surface area is 123 Å². The van der Waals surface area contributed by atoms with Crippen LogP contribution in [0.25, 0.3) is 0 Å². The van der Waals surface area contributed by atoms with Crippen LogP contribution >= 0.6 is 11.3 Å². The summed E-state index contributed by atoms with van der Waals surface area (Å²) >= 11 is 1.80. The maximum atomic E-state index is 6.25. The molecule has 0 amide bonds. The monoisotopic (exact) mass is 284 g/mol. The molecule has 2 nitrogen and oxygen atoms in total. The quantitative estimate of drug-likeness (QED) is 0.677. The average molecular weight is 284 g/mol. The Morgan fingerprint density at radius 2 is 1.89 bits per heavy atom. The molecular weight excluding hydrogens is 254 g/mol. The molecule has 0 aromatic carbocycles. The van der Waals surface area contributed by atoms with Crippen molar-refractivity contribution in [1.29, 1.82) is 0 Å². The molecule has 1 rings (SSSR count). The third-order valence-corrected chi connectivity index (χ3v) is 4.95. The first-order valence-corrected chi connectivity index (χ1v) is 8.19. The average Bonchev–Trinajstić information content (AvgIpc) is 2.86. The van der Waals surface area contributed by atoms with Crippen molar-refractivity contribution in [2.24, 2.45) is 5.41 Å². The highest BCUT2D eigenvalue weighted by molar-refractivity contribution is 7.10. The minimum Gasteiger partial charge on any atom is -0.366 e. The van der Waals surface area contributed by atoms with Gasteiger partial charge < -0.3 is 9.22 Å². The van der Waals surface area contributed by atoms with Crippen LogP contribution in [0.4, 0.5) is 0 Å². The molecule has 0 saturated carbocycles. The fourth-order valence-corrected chi connectivity index (χ4v) is 3.15. The molecule has 19 heavy (non-hydrogen) atoms. The lowest BCUT2D eigenvalue weighted by atomic mass is 9.88. The van der Waals surface area contributed by atoms with Gasteiger partial charge in [-0.2, -0.15) is 0 Å². The van der Waals surface area contributed by atoms with Crippen molar-refractivity contribution in [3.8, 4) is 0 Å². The molecule has 1 aromatic heterocycles. The van der Waals surface area contributed by atoms with E-state index < -0.39 is 0 Å². The standard InChI is InChI=1S/C16H30NOS/c1-7-17(6,8-2)11-12-18-15(16(3,4)5)14-10-9-13-19-14/h9-10,13,15H,7-8,11-12H2,1-6H3/q+1. The number of likely N-dealkylation sites (N-methyl/N-ethyl adjacent to an activating group) is 1. The lowest BCUT2D eigenvalue weighted by molar-refractivity contribution is -0.906.